The number of carbonyl (C=O) groups excluding carboxylic acids is 2. The number of para-hydroxylation sites is 1. The number of aliphatic hydroxyl groups excluding tert-OH is 1. The van der Waals surface area contributed by atoms with Crippen molar-refractivity contribution in [1.82, 2.24) is 15.2 Å². The fraction of sp³-hybridized carbons (Fsp3) is 0.333. The number of fused-ring (bicyclic) bond motifs is 1. The van der Waals surface area contributed by atoms with E-state index in [0.29, 0.717) is 28.8 Å². The molecule has 0 saturated carbocycles. The van der Waals surface area contributed by atoms with Gasteiger partial charge in [-0.1, -0.05) is 18.2 Å². The molecule has 1 aliphatic rings. The third-order valence-electron chi connectivity index (χ3n) is 4.30. The molecule has 0 aliphatic carbocycles. The van der Waals surface area contributed by atoms with Gasteiger partial charge in [0.25, 0.3) is 11.8 Å². The molecule has 0 spiro atoms. The number of amides is 2. The normalized spacial score (nSPS) is 17.0. The van der Waals surface area contributed by atoms with Crippen molar-refractivity contribution in [3.8, 4) is 0 Å². The Morgan fingerprint density at radius 1 is 1.36 bits per heavy atom. The van der Waals surface area contributed by atoms with Gasteiger partial charge >= 0.3 is 0 Å². The van der Waals surface area contributed by atoms with Crippen LogP contribution in [-0.4, -0.2) is 58.9 Å². The van der Waals surface area contributed by atoms with Crippen LogP contribution < -0.4 is 5.32 Å². The van der Waals surface area contributed by atoms with Gasteiger partial charge in [0.15, 0.2) is 0 Å². The first-order valence-corrected chi connectivity index (χ1v) is 8.18. The molecule has 1 saturated heterocycles. The van der Waals surface area contributed by atoms with Crippen molar-refractivity contribution in [3.05, 3.63) is 42.1 Å². The molecular formula is C18H20N4O3. The van der Waals surface area contributed by atoms with Gasteiger partial charge in [0.2, 0.25) is 0 Å². The highest BCUT2D eigenvalue weighted by atomic mass is 16.3. The van der Waals surface area contributed by atoms with Crippen LogP contribution in [0.1, 0.15) is 23.2 Å². The van der Waals surface area contributed by atoms with Gasteiger partial charge in [-0.3, -0.25) is 24.5 Å². The van der Waals surface area contributed by atoms with E-state index in [9.17, 15) is 14.7 Å². The van der Waals surface area contributed by atoms with Gasteiger partial charge in [0, 0.05) is 31.6 Å². The summed E-state index contributed by atoms with van der Waals surface area (Å²) >= 11 is 0. The van der Waals surface area contributed by atoms with Crippen molar-refractivity contribution in [2.24, 2.45) is 4.99 Å². The summed E-state index contributed by atoms with van der Waals surface area (Å²) in [5.74, 6) is -0.0699. The summed E-state index contributed by atoms with van der Waals surface area (Å²) in [5, 5.41) is 12.9. The minimum atomic E-state index is -1.01. The van der Waals surface area contributed by atoms with Crippen LogP contribution in [0, 0.1) is 0 Å². The predicted octanol–water partition coefficient (Wildman–Crippen LogP) is 0.976. The number of nitrogens with one attached hydrogen (secondary N) is 1. The lowest BCUT2D eigenvalue weighted by atomic mass is 10.1. The number of aliphatic hydroxyl groups is 1. The summed E-state index contributed by atoms with van der Waals surface area (Å²) in [7, 11) is 1.64. The molecule has 1 aliphatic heterocycles. The average molecular weight is 340 g/mol. The van der Waals surface area contributed by atoms with Crippen LogP contribution in [0.25, 0.3) is 10.9 Å². The van der Waals surface area contributed by atoms with E-state index in [-0.39, 0.29) is 5.91 Å². The second-order valence-corrected chi connectivity index (χ2v) is 5.82. The monoisotopic (exact) mass is 340 g/mol. The Morgan fingerprint density at radius 3 is 2.92 bits per heavy atom. The Kier molecular flexibility index (Phi) is 5.04. The van der Waals surface area contributed by atoms with Gasteiger partial charge in [0.05, 0.1) is 17.7 Å². The second kappa shape index (κ2) is 7.40. The number of aromatic nitrogens is 1. The van der Waals surface area contributed by atoms with Crippen LogP contribution >= 0.6 is 0 Å². The molecule has 25 heavy (non-hydrogen) atoms. The lowest BCUT2D eigenvalue weighted by molar-refractivity contribution is -0.129. The largest absolute Gasteiger partial charge is 0.394 e. The number of hydrogen-bond acceptors (Lipinski definition) is 5. The molecule has 0 bridgehead atoms. The third-order valence-corrected chi connectivity index (χ3v) is 4.30. The molecule has 7 nitrogen and oxygen atoms in total. The van der Waals surface area contributed by atoms with Crippen molar-refractivity contribution in [2.75, 3.05) is 20.2 Å². The highest BCUT2D eigenvalue weighted by Crippen LogP contribution is 2.17. The maximum absolute atomic E-state index is 12.6. The molecule has 7 heteroatoms. The number of hydrogen-bond donors (Lipinski definition) is 2. The van der Waals surface area contributed by atoms with Crippen molar-refractivity contribution < 1.29 is 14.7 Å². The van der Waals surface area contributed by atoms with Crippen LogP contribution in [-0.2, 0) is 4.79 Å². The predicted molar refractivity (Wildman–Crippen MR) is 94.4 cm³/mol. The standard InChI is InChI=1S/C18H20N4O3/c1-19-16-7-4-10-22(16)18(25)15(11-23)21-17(24)13-8-9-20-14-6-3-2-5-12(13)14/h2-3,5-6,8-9,15,23H,4,7,10-11H2,1H3,(H,21,24)/b19-16+/t15-/m1/s1. The molecule has 0 unspecified atom stereocenters. The number of likely N-dealkylation sites (tertiary alicyclic amines) is 1. The molecule has 1 aromatic carbocycles. The molecule has 1 aromatic heterocycles. The Morgan fingerprint density at radius 2 is 2.16 bits per heavy atom. The molecule has 130 valence electrons. The smallest absolute Gasteiger partial charge is 0.252 e. The molecular weight excluding hydrogens is 320 g/mol. The lowest BCUT2D eigenvalue weighted by Gasteiger charge is -2.23. The molecule has 2 amide bonds. The van der Waals surface area contributed by atoms with E-state index in [0.717, 1.165) is 12.8 Å². The van der Waals surface area contributed by atoms with Crippen molar-refractivity contribution in [2.45, 2.75) is 18.9 Å². The van der Waals surface area contributed by atoms with Crippen LogP contribution in [0.5, 0.6) is 0 Å². The van der Waals surface area contributed by atoms with Crippen molar-refractivity contribution in [1.29, 1.82) is 0 Å². The Labute approximate surface area is 145 Å². The number of carbonyl (C=O) groups is 2. The zero-order valence-corrected chi connectivity index (χ0v) is 14.0. The van der Waals surface area contributed by atoms with E-state index >= 15 is 0 Å². The van der Waals surface area contributed by atoms with Crippen molar-refractivity contribution >= 4 is 28.6 Å². The molecule has 2 N–H and O–H groups in total. The van der Waals surface area contributed by atoms with Crippen LogP contribution in [0.15, 0.2) is 41.5 Å². The van der Waals surface area contributed by atoms with Gasteiger partial charge < -0.3 is 10.4 Å². The highest BCUT2D eigenvalue weighted by molar-refractivity contribution is 6.08. The molecule has 1 fully saturated rings. The summed E-state index contributed by atoms with van der Waals surface area (Å²) in [6, 6.07) is 7.88. The van der Waals surface area contributed by atoms with Gasteiger partial charge in [-0.2, -0.15) is 0 Å². The van der Waals surface area contributed by atoms with E-state index in [1.165, 1.54) is 4.90 Å². The quantitative estimate of drug-likeness (QED) is 0.867. The summed E-state index contributed by atoms with van der Waals surface area (Å²) in [4.78, 5) is 35.1. The number of aliphatic imine (C=N–C) groups is 1. The Bertz CT molecular complexity index is 829. The van der Waals surface area contributed by atoms with Gasteiger partial charge in [0.1, 0.15) is 11.9 Å². The Hall–Kier alpha value is -2.80. The first-order chi connectivity index (χ1) is 12.2. The number of nitrogens with zero attached hydrogens (tertiary/aromatic N) is 3. The summed E-state index contributed by atoms with van der Waals surface area (Å²) in [5.41, 5.74) is 1.12. The van der Waals surface area contributed by atoms with Crippen LogP contribution in [0.3, 0.4) is 0 Å². The highest BCUT2D eigenvalue weighted by Gasteiger charge is 2.31. The lowest BCUT2D eigenvalue weighted by Crippen LogP contribution is -2.51. The van der Waals surface area contributed by atoms with Crippen molar-refractivity contribution in [3.63, 3.8) is 0 Å². The zero-order chi connectivity index (χ0) is 17.8. The Balaban J connectivity index is 1.81. The van der Waals surface area contributed by atoms with Gasteiger partial charge in [-0.15, -0.1) is 0 Å². The minimum absolute atomic E-state index is 0.340. The molecule has 2 aromatic rings. The topological polar surface area (TPSA) is 94.9 Å². The summed E-state index contributed by atoms with van der Waals surface area (Å²) in [6.07, 6.45) is 3.11. The van der Waals surface area contributed by atoms with E-state index in [1.807, 2.05) is 18.2 Å². The average Bonchev–Trinajstić information content (AvgIpc) is 3.13. The summed E-state index contributed by atoms with van der Waals surface area (Å²) < 4.78 is 0. The van der Waals surface area contributed by atoms with Crippen LogP contribution in [0.2, 0.25) is 0 Å². The molecule has 2 heterocycles. The second-order valence-electron chi connectivity index (χ2n) is 5.82. The molecule has 0 radical (unpaired) electrons. The first-order valence-electron chi connectivity index (χ1n) is 8.18. The summed E-state index contributed by atoms with van der Waals surface area (Å²) in [6.45, 7) is 0.0805. The minimum Gasteiger partial charge on any atom is -0.394 e. The first kappa shape index (κ1) is 17.0. The van der Waals surface area contributed by atoms with Gasteiger partial charge in [-0.05, 0) is 18.6 Å². The number of benzene rings is 1. The van der Waals surface area contributed by atoms with E-state index in [4.69, 9.17) is 0 Å². The SMILES string of the molecule is C/N=C1\CCCN1C(=O)[C@@H](CO)NC(=O)c1ccnc2ccccc12. The van der Waals surface area contributed by atoms with E-state index in [2.05, 4.69) is 15.3 Å². The number of pyridine rings is 1. The van der Waals surface area contributed by atoms with Crippen LogP contribution in [0.4, 0.5) is 0 Å². The zero-order valence-electron chi connectivity index (χ0n) is 14.0. The molecule has 1 atom stereocenters. The number of amidine groups is 1. The maximum Gasteiger partial charge on any atom is 0.252 e. The fourth-order valence-electron chi connectivity index (χ4n) is 3.03. The number of rotatable bonds is 4. The third kappa shape index (κ3) is 3.36. The fourth-order valence-corrected chi connectivity index (χ4v) is 3.03. The molecule has 3 rings (SSSR count). The van der Waals surface area contributed by atoms with Gasteiger partial charge in [-0.25, -0.2) is 0 Å². The maximum atomic E-state index is 12.6. The van der Waals surface area contributed by atoms with E-state index < -0.39 is 18.6 Å². The van der Waals surface area contributed by atoms with E-state index in [1.54, 1.807) is 25.4 Å².